The number of carbonyl (C=O) groups is 1. The zero-order chi connectivity index (χ0) is 16.1. The van der Waals surface area contributed by atoms with Gasteiger partial charge in [-0.2, -0.15) is 0 Å². The SMILES string of the molecule is O=C1OCCN1C1CCN(C(=S)NCCC2=CCCCC2)CC1. The molecular formula is C17H27N3O2S. The van der Waals surface area contributed by atoms with Gasteiger partial charge in [0.15, 0.2) is 5.11 Å². The highest BCUT2D eigenvalue weighted by molar-refractivity contribution is 7.80. The second kappa shape index (κ2) is 7.99. The molecule has 0 radical (unpaired) electrons. The second-order valence-electron chi connectivity index (χ2n) is 6.62. The van der Waals surface area contributed by atoms with E-state index in [1.54, 1.807) is 5.57 Å². The van der Waals surface area contributed by atoms with Crippen molar-refractivity contribution in [3.63, 3.8) is 0 Å². The summed E-state index contributed by atoms with van der Waals surface area (Å²) in [5, 5.41) is 4.27. The molecule has 2 aliphatic heterocycles. The fraction of sp³-hybridized carbons (Fsp3) is 0.765. The summed E-state index contributed by atoms with van der Waals surface area (Å²) in [5.41, 5.74) is 1.58. The lowest BCUT2D eigenvalue weighted by atomic mass is 9.97. The van der Waals surface area contributed by atoms with Crippen LogP contribution in [0.2, 0.25) is 0 Å². The number of amides is 1. The quantitative estimate of drug-likeness (QED) is 0.631. The van der Waals surface area contributed by atoms with Crippen LogP contribution in [0, 0.1) is 0 Å². The Bertz CT molecular complexity index is 472. The molecule has 1 aliphatic carbocycles. The molecule has 0 aromatic heterocycles. The molecule has 5 nitrogen and oxygen atoms in total. The Balaban J connectivity index is 1.36. The summed E-state index contributed by atoms with van der Waals surface area (Å²) < 4.78 is 5.03. The van der Waals surface area contributed by atoms with Crippen LogP contribution >= 0.6 is 12.2 Å². The van der Waals surface area contributed by atoms with Crippen LogP contribution in [0.4, 0.5) is 4.79 Å². The van der Waals surface area contributed by atoms with E-state index in [9.17, 15) is 4.79 Å². The third-order valence-electron chi connectivity index (χ3n) is 5.09. The Morgan fingerprint density at radius 1 is 1.30 bits per heavy atom. The number of nitrogens with one attached hydrogen (secondary N) is 1. The lowest BCUT2D eigenvalue weighted by molar-refractivity contribution is 0.132. The van der Waals surface area contributed by atoms with Crippen LogP contribution in [-0.2, 0) is 4.74 Å². The first-order valence-electron chi connectivity index (χ1n) is 8.88. The molecule has 1 amide bonds. The minimum Gasteiger partial charge on any atom is -0.448 e. The van der Waals surface area contributed by atoms with Crippen molar-refractivity contribution >= 4 is 23.4 Å². The van der Waals surface area contributed by atoms with E-state index < -0.39 is 0 Å². The van der Waals surface area contributed by atoms with Crippen LogP contribution in [0.3, 0.4) is 0 Å². The first-order chi connectivity index (χ1) is 11.2. The number of piperidine rings is 1. The molecule has 2 saturated heterocycles. The molecule has 1 N–H and O–H groups in total. The maximum absolute atomic E-state index is 11.6. The Morgan fingerprint density at radius 3 is 2.78 bits per heavy atom. The van der Waals surface area contributed by atoms with Gasteiger partial charge < -0.3 is 19.9 Å². The summed E-state index contributed by atoms with van der Waals surface area (Å²) in [6.45, 7) is 4.05. The van der Waals surface area contributed by atoms with Crippen molar-refractivity contribution in [1.29, 1.82) is 0 Å². The largest absolute Gasteiger partial charge is 0.448 e. The third kappa shape index (κ3) is 4.37. The minimum atomic E-state index is -0.148. The van der Waals surface area contributed by atoms with E-state index in [0.29, 0.717) is 12.6 Å². The van der Waals surface area contributed by atoms with Gasteiger partial charge in [0.05, 0.1) is 6.54 Å². The fourth-order valence-electron chi connectivity index (χ4n) is 3.69. The van der Waals surface area contributed by atoms with E-state index in [1.165, 1.54) is 25.7 Å². The molecule has 0 aromatic rings. The molecular weight excluding hydrogens is 310 g/mol. The average molecular weight is 337 g/mol. The maximum atomic E-state index is 11.6. The number of rotatable bonds is 4. The number of cyclic esters (lactones) is 1. The summed E-state index contributed by atoms with van der Waals surface area (Å²) in [5.74, 6) is 0. The summed E-state index contributed by atoms with van der Waals surface area (Å²) in [6.07, 6.45) is 10.5. The van der Waals surface area contributed by atoms with Crippen molar-refractivity contribution in [2.45, 2.75) is 51.0 Å². The molecule has 0 unspecified atom stereocenters. The summed E-state index contributed by atoms with van der Waals surface area (Å²) in [6, 6.07) is 0.316. The van der Waals surface area contributed by atoms with Crippen LogP contribution in [-0.4, -0.2) is 59.8 Å². The normalized spacial score (nSPS) is 22.8. The van der Waals surface area contributed by atoms with Crippen LogP contribution in [0.15, 0.2) is 11.6 Å². The number of carbonyl (C=O) groups excluding carboxylic acids is 1. The van der Waals surface area contributed by atoms with Gasteiger partial charge in [-0.3, -0.25) is 0 Å². The van der Waals surface area contributed by atoms with E-state index in [-0.39, 0.29) is 6.09 Å². The Morgan fingerprint density at radius 2 is 2.13 bits per heavy atom. The topological polar surface area (TPSA) is 44.8 Å². The van der Waals surface area contributed by atoms with Crippen LogP contribution in [0.1, 0.15) is 44.9 Å². The van der Waals surface area contributed by atoms with Crippen LogP contribution < -0.4 is 5.32 Å². The van der Waals surface area contributed by atoms with E-state index in [4.69, 9.17) is 17.0 Å². The number of hydrogen-bond donors (Lipinski definition) is 1. The van der Waals surface area contributed by atoms with Gasteiger partial charge in [-0.05, 0) is 57.2 Å². The van der Waals surface area contributed by atoms with Crippen molar-refractivity contribution in [2.24, 2.45) is 0 Å². The van der Waals surface area contributed by atoms with Gasteiger partial charge in [-0.15, -0.1) is 0 Å². The monoisotopic (exact) mass is 337 g/mol. The van der Waals surface area contributed by atoms with Gasteiger partial charge in [0.1, 0.15) is 6.61 Å². The van der Waals surface area contributed by atoms with Crippen molar-refractivity contribution in [3.8, 4) is 0 Å². The zero-order valence-electron chi connectivity index (χ0n) is 13.8. The van der Waals surface area contributed by atoms with Gasteiger partial charge in [0.25, 0.3) is 0 Å². The highest BCUT2D eigenvalue weighted by Gasteiger charge is 2.32. The molecule has 23 heavy (non-hydrogen) atoms. The number of thiocarbonyl (C=S) groups is 1. The maximum Gasteiger partial charge on any atom is 0.410 e. The predicted octanol–water partition coefficient (Wildman–Crippen LogP) is 2.67. The van der Waals surface area contributed by atoms with Gasteiger partial charge in [0.2, 0.25) is 0 Å². The summed E-state index contributed by atoms with van der Waals surface area (Å²) in [7, 11) is 0. The minimum absolute atomic E-state index is 0.148. The van der Waals surface area contributed by atoms with E-state index in [2.05, 4.69) is 16.3 Å². The van der Waals surface area contributed by atoms with Gasteiger partial charge >= 0.3 is 6.09 Å². The number of likely N-dealkylation sites (tertiary alicyclic amines) is 1. The molecule has 6 heteroatoms. The smallest absolute Gasteiger partial charge is 0.410 e. The predicted molar refractivity (Wildman–Crippen MR) is 94.4 cm³/mol. The van der Waals surface area contributed by atoms with Gasteiger partial charge in [0, 0.05) is 25.7 Å². The molecule has 2 fully saturated rings. The molecule has 0 bridgehead atoms. The standard InChI is InChI=1S/C17H27N3O2S/c21-17-20(12-13-22-17)15-7-10-19(11-8-15)16(23)18-9-6-14-4-2-1-3-5-14/h4,15H,1-3,5-13H2,(H,18,23). The molecule has 0 atom stereocenters. The molecule has 0 spiro atoms. The summed E-state index contributed by atoms with van der Waals surface area (Å²) in [4.78, 5) is 15.7. The fourth-order valence-corrected chi connectivity index (χ4v) is 3.98. The summed E-state index contributed by atoms with van der Waals surface area (Å²) >= 11 is 5.53. The highest BCUT2D eigenvalue weighted by Crippen LogP contribution is 2.21. The lowest BCUT2D eigenvalue weighted by Gasteiger charge is -2.36. The Labute approximate surface area is 144 Å². The van der Waals surface area contributed by atoms with Crippen LogP contribution in [0.25, 0.3) is 0 Å². The average Bonchev–Trinajstić information content (AvgIpc) is 3.02. The molecule has 0 aromatic carbocycles. The highest BCUT2D eigenvalue weighted by atomic mass is 32.1. The second-order valence-corrected chi connectivity index (χ2v) is 7.00. The molecule has 3 aliphatic rings. The van der Waals surface area contributed by atoms with Gasteiger partial charge in [-0.25, -0.2) is 4.79 Å². The van der Waals surface area contributed by atoms with E-state index >= 15 is 0 Å². The molecule has 0 saturated carbocycles. The number of hydrogen-bond acceptors (Lipinski definition) is 3. The first kappa shape index (κ1) is 16.6. The molecule has 128 valence electrons. The van der Waals surface area contributed by atoms with Crippen LogP contribution in [0.5, 0.6) is 0 Å². The first-order valence-corrected chi connectivity index (χ1v) is 9.29. The number of ether oxygens (including phenoxy) is 1. The Kier molecular flexibility index (Phi) is 5.75. The van der Waals surface area contributed by atoms with Crippen molar-refractivity contribution in [2.75, 3.05) is 32.8 Å². The van der Waals surface area contributed by atoms with E-state index in [0.717, 1.165) is 50.6 Å². The molecule has 3 rings (SSSR count). The zero-order valence-corrected chi connectivity index (χ0v) is 14.6. The number of nitrogens with zero attached hydrogens (tertiary/aromatic N) is 2. The van der Waals surface area contributed by atoms with Crippen molar-refractivity contribution < 1.29 is 9.53 Å². The lowest BCUT2D eigenvalue weighted by Crippen LogP contribution is -2.49. The Hall–Kier alpha value is -1.30. The number of allylic oxidation sites excluding steroid dienone is 1. The van der Waals surface area contributed by atoms with Gasteiger partial charge in [-0.1, -0.05) is 11.6 Å². The molecule has 2 heterocycles. The van der Waals surface area contributed by atoms with E-state index in [1.807, 2.05) is 4.90 Å². The third-order valence-corrected chi connectivity index (χ3v) is 5.49. The van der Waals surface area contributed by atoms with Crippen molar-refractivity contribution in [3.05, 3.63) is 11.6 Å². The van der Waals surface area contributed by atoms with Crippen molar-refractivity contribution in [1.82, 2.24) is 15.1 Å².